The molecule has 0 atom stereocenters. The molecule has 0 bridgehead atoms. The van der Waals surface area contributed by atoms with Crippen LogP contribution >= 0.6 is 0 Å². The smallest absolute Gasteiger partial charge is 0.872 e. The van der Waals surface area contributed by atoms with Crippen LogP contribution in [0.25, 0.3) is 5.76 Å². The van der Waals surface area contributed by atoms with Crippen LogP contribution < -0.4 is 5.11 Å². The standard InChI is InChI=1S/C15H12O2.3C6H11.Sn/c16-14(12-7-3-1-4-8-12)11-15(17)13-9-5-2-6-10-13;3*1-2-4-6-5-3-1;/h1-11,16H;3*1H,2-6H2;/q;3*-1;+4/p-1/b14-11-;;;;. The SMILES string of the molecule is O=C(/C=C(\[O-])c1ccccc1)c1ccccc1.[CH-]1CCCCC1.[CH-]1CCCCC1.[CH-]1CCCCC1.[Sn+4]. The molecule has 0 amide bonds. The van der Waals surface area contributed by atoms with Crippen molar-refractivity contribution >= 4 is 35.4 Å². The summed E-state index contributed by atoms with van der Waals surface area (Å²) in [6.45, 7) is 0. The second-order valence-electron chi connectivity index (χ2n) is 9.38. The van der Waals surface area contributed by atoms with Crippen LogP contribution in [0.5, 0.6) is 0 Å². The van der Waals surface area contributed by atoms with Crippen molar-refractivity contribution in [1.29, 1.82) is 0 Å². The van der Waals surface area contributed by atoms with Gasteiger partial charge in [-0.3, -0.25) is 4.79 Å². The van der Waals surface area contributed by atoms with E-state index in [-0.39, 0.29) is 35.4 Å². The first-order chi connectivity index (χ1) is 17.3. The van der Waals surface area contributed by atoms with E-state index in [0.717, 1.165) is 6.08 Å². The molecule has 2 nitrogen and oxygen atoms in total. The summed E-state index contributed by atoms with van der Waals surface area (Å²) in [5.74, 6) is -0.529. The molecule has 3 aliphatic carbocycles. The third-order valence-corrected chi connectivity index (χ3v) is 6.33. The number of rotatable bonds is 3. The minimum absolute atomic E-state index is 0. The minimum Gasteiger partial charge on any atom is -0.872 e. The van der Waals surface area contributed by atoms with Crippen molar-refractivity contribution in [3.63, 3.8) is 0 Å². The van der Waals surface area contributed by atoms with E-state index in [4.69, 9.17) is 0 Å². The van der Waals surface area contributed by atoms with Gasteiger partial charge in [0.1, 0.15) is 0 Å². The van der Waals surface area contributed by atoms with Gasteiger partial charge in [-0.25, -0.2) is 0 Å². The summed E-state index contributed by atoms with van der Waals surface area (Å²) in [4.78, 5) is 11.8. The van der Waals surface area contributed by atoms with Gasteiger partial charge >= 0.3 is 23.9 Å². The topological polar surface area (TPSA) is 40.1 Å². The summed E-state index contributed by atoms with van der Waals surface area (Å²) in [6, 6.07) is 17.5. The molecule has 2 aromatic carbocycles. The van der Waals surface area contributed by atoms with Gasteiger partial charge in [-0.15, -0.1) is 0 Å². The van der Waals surface area contributed by atoms with Crippen LogP contribution in [0.1, 0.15) is 112 Å². The number of allylic oxidation sites excluding steroid dienone is 1. The van der Waals surface area contributed by atoms with Crippen LogP contribution in [0.15, 0.2) is 66.7 Å². The van der Waals surface area contributed by atoms with Gasteiger partial charge in [0, 0.05) is 5.56 Å². The monoisotopic (exact) mass is 592 g/mol. The number of hydrogen-bond acceptors (Lipinski definition) is 2. The normalized spacial score (nSPS) is 17.3. The Morgan fingerprint density at radius 1 is 0.556 bits per heavy atom. The Hall–Kier alpha value is -1.55. The van der Waals surface area contributed by atoms with Gasteiger partial charge in [0.25, 0.3) is 0 Å². The van der Waals surface area contributed by atoms with Crippen molar-refractivity contribution in [3.8, 4) is 0 Å². The Labute approximate surface area is 237 Å². The molecule has 3 saturated carbocycles. The fourth-order valence-corrected chi connectivity index (χ4v) is 4.19. The quantitative estimate of drug-likeness (QED) is 0.118. The summed E-state index contributed by atoms with van der Waals surface area (Å²) >= 11 is 0. The number of carbonyl (C=O) groups excluding carboxylic acids is 1. The van der Waals surface area contributed by atoms with Gasteiger partial charge in [-0.1, -0.05) is 124 Å². The Morgan fingerprint density at radius 3 is 1.17 bits per heavy atom. The van der Waals surface area contributed by atoms with Crippen molar-refractivity contribution < 1.29 is 9.90 Å². The summed E-state index contributed by atoms with van der Waals surface area (Å²) in [5, 5.41) is 11.8. The van der Waals surface area contributed by atoms with Gasteiger partial charge in [-0.2, -0.15) is 38.5 Å². The number of carbonyl (C=O) groups is 1. The number of hydrogen-bond donors (Lipinski definition) is 0. The van der Waals surface area contributed by atoms with Crippen LogP contribution in [-0.2, 0) is 0 Å². The van der Waals surface area contributed by atoms with Gasteiger partial charge in [0.15, 0.2) is 5.78 Å². The van der Waals surface area contributed by atoms with E-state index in [1.54, 1.807) is 48.5 Å². The molecule has 3 aliphatic rings. The average Bonchev–Trinajstić information content (AvgIpc) is 2.98. The Kier molecular flexibility index (Phi) is 20.4. The summed E-state index contributed by atoms with van der Waals surface area (Å²) in [5.41, 5.74) is 1.05. The number of ketones is 1. The molecular formula is C33H44O2Sn. The van der Waals surface area contributed by atoms with E-state index in [9.17, 15) is 9.90 Å². The first kappa shape index (κ1) is 32.5. The third-order valence-electron chi connectivity index (χ3n) is 6.33. The molecule has 0 spiro atoms. The van der Waals surface area contributed by atoms with Gasteiger partial charge in [0.05, 0.1) is 0 Å². The van der Waals surface area contributed by atoms with Crippen LogP contribution in [0.2, 0.25) is 0 Å². The van der Waals surface area contributed by atoms with Crippen molar-refractivity contribution in [2.45, 2.75) is 96.3 Å². The van der Waals surface area contributed by atoms with E-state index < -0.39 is 0 Å². The first-order valence-corrected chi connectivity index (χ1v) is 13.8. The van der Waals surface area contributed by atoms with E-state index >= 15 is 0 Å². The molecule has 3 heteroatoms. The summed E-state index contributed by atoms with van der Waals surface area (Å²) < 4.78 is 0. The first-order valence-electron chi connectivity index (χ1n) is 13.8. The fourth-order valence-electron chi connectivity index (χ4n) is 4.19. The van der Waals surface area contributed by atoms with Crippen molar-refractivity contribution in [1.82, 2.24) is 0 Å². The largest absolute Gasteiger partial charge is 4.00 e. The van der Waals surface area contributed by atoms with E-state index in [2.05, 4.69) is 19.3 Å². The predicted octanol–water partition coefficient (Wildman–Crippen LogP) is 8.35. The molecule has 3 fully saturated rings. The molecule has 0 heterocycles. The van der Waals surface area contributed by atoms with Crippen molar-refractivity contribution in [3.05, 3.63) is 97.1 Å². The molecular weight excluding hydrogens is 547 g/mol. The summed E-state index contributed by atoms with van der Waals surface area (Å²) in [7, 11) is 0. The van der Waals surface area contributed by atoms with Crippen LogP contribution in [0.4, 0.5) is 0 Å². The van der Waals surface area contributed by atoms with Gasteiger partial charge in [-0.05, 0) is 11.6 Å². The average molecular weight is 591 g/mol. The molecule has 36 heavy (non-hydrogen) atoms. The Balaban J connectivity index is 0.000000279. The third kappa shape index (κ3) is 16.2. The maximum atomic E-state index is 11.8. The fraction of sp³-hybridized carbons (Fsp3) is 0.455. The summed E-state index contributed by atoms with van der Waals surface area (Å²) in [6.07, 6.45) is 29.6. The predicted molar refractivity (Wildman–Crippen MR) is 153 cm³/mol. The second-order valence-corrected chi connectivity index (χ2v) is 9.38. The molecule has 0 saturated heterocycles. The van der Waals surface area contributed by atoms with E-state index in [1.165, 1.54) is 96.3 Å². The number of benzene rings is 2. The molecule has 192 valence electrons. The molecule has 0 N–H and O–H groups in total. The zero-order chi connectivity index (χ0) is 24.8. The van der Waals surface area contributed by atoms with E-state index in [1.807, 2.05) is 12.1 Å². The maximum Gasteiger partial charge on any atom is 4.00 e. The molecule has 0 radical (unpaired) electrons. The van der Waals surface area contributed by atoms with Gasteiger partial charge < -0.3 is 24.4 Å². The molecule has 0 aliphatic heterocycles. The van der Waals surface area contributed by atoms with E-state index in [0.29, 0.717) is 11.1 Å². The molecule has 0 unspecified atom stereocenters. The van der Waals surface area contributed by atoms with Gasteiger partial charge in [0.2, 0.25) is 0 Å². The molecule has 5 rings (SSSR count). The van der Waals surface area contributed by atoms with Crippen LogP contribution in [0.3, 0.4) is 0 Å². The maximum absolute atomic E-state index is 11.8. The Bertz CT molecular complexity index is 726. The Morgan fingerprint density at radius 2 is 0.889 bits per heavy atom. The van der Waals surface area contributed by atoms with Crippen LogP contribution in [0, 0.1) is 19.3 Å². The van der Waals surface area contributed by atoms with Crippen molar-refractivity contribution in [2.24, 2.45) is 0 Å². The van der Waals surface area contributed by atoms with Crippen LogP contribution in [-0.4, -0.2) is 29.7 Å². The minimum atomic E-state index is -0.264. The molecule has 0 aromatic heterocycles. The van der Waals surface area contributed by atoms with Crippen molar-refractivity contribution in [2.75, 3.05) is 0 Å². The second kappa shape index (κ2) is 22.6. The zero-order valence-electron chi connectivity index (χ0n) is 22.0. The molecule has 2 aromatic rings. The zero-order valence-corrected chi connectivity index (χ0v) is 24.9.